The summed E-state index contributed by atoms with van der Waals surface area (Å²) in [6.07, 6.45) is 3.84. The highest BCUT2D eigenvalue weighted by Crippen LogP contribution is 2.67. The topological polar surface area (TPSA) is 74.4 Å². The van der Waals surface area contributed by atoms with Crippen LogP contribution in [0.25, 0.3) is 10.9 Å². The highest BCUT2D eigenvalue weighted by molar-refractivity contribution is 7.99. The number of H-pyrrole nitrogens is 1. The van der Waals surface area contributed by atoms with E-state index in [0.29, 0.717) is 25.2 Å². The van der Waals surface area contributed by atoms with Crippen molar-refractivity contribution in [1.29, 1.82) is 0 Å². The van der Waals surface area contributed by atoms with Gasteiger partial charge < -0.3 is 19.9 Å². The average molecular weight is 546 g/mol. The molecule has 2 saturated carbocycles. The summed E-state index contributed by atoms with van der Waals surface area (Å²) < 4.78 is 5.28. The van der Waals surface area contributed by atoms with Gasteiger partial charge in [0.25, 0.3) is 0 Å². The maximum Gasteiger partial charge on any atom is 0.250 e. The molecular formula is C32H39N3O3S. The Labute approximate surface area is 235 Å². The molecule has 0 bridgehead atoms. The number of thioether (sulfide) groups is 1. The quantitative estimate of drug-likeness (QED) is 0.338. The van der Waals surface area contributed by atoms with Crippen molar-refractivity contribution in [2.75, 3.05) is 23.9 Å². The van der Waals surface area contributed by atoms with Crippen molar-refractivity contribution < 1.29 is 14.3 Å². The number of methoxy groups -OCH3 is 1. The molecule has 2 atom stereocenters. The molecule has 1 aliphatic heterocycles. The lowest BCUT2D eigenvalue weighted by Crippen LogP contribution is -2.61. The fourth-order valence-electron chi connectivity index (χ4n) is 7.02. The molecule has 2 N–H and O–H groups in total. The lowest BCUT2D eigenvalue weighted by molar-refractivity contribution is -0.147. The number of nitrogens with one attached hydrogen (secondary N) is 2. The van der Waals surface area contributed by atoms with E-state index in [9.17, 15) is 9.59 Å². The van der Waals surface area contributed by atoms with Crippen molar-refractivity contribution in [2.24, 2.45) is 11.3 Å². The van der Waals surface area contributed by atoms with E-state index in [4.69, 9.17) is 4.74 Å². The molecule has 3 fully saturated rings. The number of rotatable bonds is 8. The van der Waals surface area contributed by atoms with Crippen LogP contribution in [-0.2, 0) is 9.59 Å². The SMILES string of the molecule is COc1ccc(NC(=O)C2(N(C(=O)C[C@@H]3[C@H](c4c(C)[nH]c5ccccc45)C3(C)C)C3CC3)CCSCC2)cc1. The van der Waals surface area contributed by atoms with Crippen molar-refractivity contribution >= 4 is 40.2 Å². The Balaban J connectivity index is 1.27. The third-order valence-electron chi connectivity index (χ3n) is 9.43. The Morgan fingerprint density at radius 3 is 2.44 bits per heavy atom. The number of para-hydroxylation sites is 1. The molecule has 2 heterocycles. The van der Waals surface area contributed by atoms with Gasteiger partial charge in [-0.2, -0.15) is 11.8 Å². The van der Waals surface area contributed by atoms with E-state index >= 15 is 0 Å². The van der Waals surface area contributed by atoms with Gasteiger partial charge >= 0.3 is 0 Å². The number of aromatic nitrogens is 1. The summed E-state index contributed by atoms with van der Waals surface area (Å²) in [5.41, 5.74) is 3.68. The Morgan fingerprint density at radius 2 is 1.77 bits per heavy atom. The second-order valence-electron chi connectivity index (χ2n) is 12.1. The molecular weight excluding hydrogens is 506 g/mol. The summed E-state index contributed by atoms with van der Waals surface area (Å²) in [5, 5.41) is 4.43. The van der Waals surface area contributed by atoms with Crippen LogP contribution in [0.3, 0.4) is 0 Å². The van der Waals surface area contributed by atoms with E-state index in [1.165, 1.54) is 16.6 Å². The summed E-state index contributed by atoms with van der Waals surface area (Å²) >= 11 is 1.88. The predicted octanol–water partition coefficient (Wildman–Crippen LogP) is 6.51. The third-order valence-corrected chi connectivity index (χ3v) is 10.4. The summed E-state index contributed by atoms with van der Waals surface area (Å²) in [6.45, 7) is 6.74. The van der Waals surface area contributed by atoms with Crippen LogP contribution >= 0.6 is 11.8 Å². The summed E-state index contributed by atoms with van der Waals surface area (Å²) in [4.78, 5) is 33.9. The summed E-state index contributed by atoms with van der Waals surface area (Å²) in [6, 6.07) is 16.1. The summed E-state index contributed by atoms with van der Waals surface area (Å²) in [5.74, 6) is 3.20. The molecule has 6 rings (SSSR count). The minimum absolute atomic E-state index is 0.0293. The zero-order valence-corrected chi connectivity index (χ0v) is 24.2. The zero-order chi connectivity index (χ0) is 27.4. The maximum atomic E-state index is 14.3. The predicted molar refractivity (Wildman–Crippen MR) is 158 cm³/mol. The Bertz CT molecular complexity index is 1390. The van der Waals surface area contributed by atoms with Crippen molar-refractivity contribution in [3.05, 3.63) is 59.8 Å². The Hall–Kier alpha value is -2.93. The number of carbonyl (C=O) groups is 2. The molecule has 1 aromatic heterocycles. The average Bonchev–Trinajstić information content (AvgIpc) is 3.82. The molecule has 1 saturated heterocycles. The van der Waals surface area contributed by atoms with Crippen LogP contribution in [0.1, 0.15) is 63.1 Å². The normalized spacial score (nSPS) is 23.3. The number of hydrogen-bond donors (Lipinski definition) is 2. The fraction of sp³-hybridized carbons (Fsp3) is 0.500. The Morgan fingerprint density at radius 1 is 1.08 bits per heavy atom. The van der Waals surface area contributed by atoms with E-state index < -0.39 is 5.54 Å². The minimum Gasteiger partial charge on any atom is -0.497 e. The van der Waals surface area contributed by atoms with Gasteiger partial charge in [-0.25, -0.2) is 0 Å². The van der Waals surface area contributed by atoms with Gasteiger partial charge in [0.2, 0.25) is 11.8 Å². The smallest absolute Gasteiger partial charge is 0.250 e. The van der Waals surface area contributed by atoms with Gasteiger partial charge in [-0.1, -0.05) is 32.0 Å². The molecule has 206 valence electrons. The van der Waals surface area contributed by atoms with Crippen LogP contribution in [0.4, 0.5) is 5.69 Å². The van der Waals surface area contributed by atoms with Gasteiger partial charge in [-0.05, 0) is 97.3 Å². The molecule has 0 radical (unpaired) electrons. The molecule has 0 spiro atoms. The number of hydrogen-bond acceptors (Lipinski definition) is 4. The second kappa shape index (κ2) is 9.92. The number of aromatic amines is 1. The van der Waals surface area contributed by atoms with Gasteiger partial charge in [-0.15, -0.1) is 0 Å². The standard InChI is InChI=1S/C32H39N3O3S/c1-20-28(24-7-5-6-8-26(24)33-20)29-25(31(29,2)3)19-27(36)35(22-11-12-22)32(15-17-39-18-16-32)30(37)34-21-9-13-23(38-4)14-10-21/h5-10,13-14,22,25,29,33H,11-12,15-19H2,1-4H3,(H,34,37)/t25-,29-/m1/s1. The minimum atomic E-state index is -0.797. The van der Waals surface area contributed by atoms with Crippen molar-refractivity contribution in [3.8, 4) is 5.75 Å². The first-order valence-electron chi connectivity index (χ1n) is 14.2. The van der Waals surface area contributed by atoms with Crippen molar-refractivity contribution in [2.45, 2.75) is 70.4 Å². The number of nitrogens with zero attached hydrogens (tertiary/aromatic N) is 1. The van der Waals surface area contributed by atoms with Gasteiger partial charge in [0.05, 0.1) is 7.11 Å². The van der Waals surface area contributed by atoms with E-state index in [2.05, 4.69) is 55.3 Å². The Kier molecular flexibility index (Phi) is 6.69. The van der Waals surface area contributed by atoms with Crippen LogP contribution in [0.5, 0.6) is 5.75 Å². The molecule has 39 heavy (non-hydrogen) atoms. The second-order valence-corrected chi connectivity index (χ2v) is 13.4. The molecule has 3 aromatic rings. The zero-order valence-electron chi connectivity index (χ0n) is 23.4. The lowest BCUT2D eigenvalue weighted by Gasteiger charge is -2.45. The van der Waals surface area contributed by atoms with Gasteiger partial charge in [-0.3, -0.25) is 9.59 Å². The van der Waals surface area contributed by atoms with Crippen LogP contribution in [-0.4, -0.2) is 51.9 Å². The monoisotopic (exact) mass is 545 g/mol. The summed E-state index contributed by atoms with van der Waals surface area (Å²) in [7, 11) is 1.63. The lowest BCUT2D eigenvalue weighted by atomic mass is 9.87. The number of ether oxygens (including phenoxy) is 1. The first-order chi connectivity index (χ1) is 18.8. The van der Waals surface area contributed by atoms with Gasteiger partial charge in [0.1, 0.15) is 11.3 Å². The van der Waals surface area contributed by atoms with E-state index in [1.54, 1.807) is 7.11 Å². The molecule has 3 aliphatic rings. The highest BCUT2D eigenvalue weighted by atomic mass is 32.2. The van der Waals surface area contributed by atoms with Gasteiger partial charge in [0.15, 0.2) is 0 Å². The number of fused-ring (bicyclic) bond motifs is 1. The van der Waals surface area contributed by atoms with Crippen LogP contribution in [0, 0.1) is 18.3 Å². The first-order valence-corrected chi connectivity index (χ1v) is 15.3. The van der Waals surface area contributed by atoms with Crippen LogP contribution in [0.2, 0.25) is 0 Å². The number of aryl methyl sites for hydroxylation is 1. The first kappa shape index (κ1) is 26.3. The van der Waals surface area contributed by atoms with Crippen molar-refractivity contribution in [1.82, 2.24) is 9.88 Å². The highest BCUT2D eigenvalue weighted by Gasteiger charge is 2.61. The van der Waals surface area contributed by atoms with Crippen molar-refractivity contribution in [3.63, 3.8) is 0 Å². The number of carbonyl (C=O) groups excluding carboxylic acids is 2. The number of anilines is 1. The number of amides is 2. The molecule has 2 amide bonds. The van der Waals surface area contributed by atoms with Crippen LogP contribution in [0.15, 0.2) is 48.5 Å². The maximum absolute atomic E-state index is 14.3. The molecule has 6 nitrogen and oxygen atoms in total. The third kappa shape index (κ3) is 4.62. The molecule has 0 unspecified atom stereocenters. The van der Waals surface area contributed by atoms with Crippen LogP contribution < -0.4 is 10.1 Å². The fourth-order valence-corrected chi connectivity index (χ4v) is 8.18. The molecule has 2 aromatic carbocycles. The largest absolute Gasteiger partial charge is 0.497 e. The molecule has 7 heteroatoms. The van der Waals surface area contributed by atoms with E-state index in [0.717, 1.165) is 41.3 Å². The van der Waals surface area contributed by atoms with E-state index in [-0.39, 0.29) is 29.2 Å². The number of benzene rings is 2. The molecule has 2 aliphatic carbocycles. The van der Waals surface area contributed by atoms with Gasteiger partial charge in [0, 0.05) is 34.7 Å². The van der Waals surface area contributed by atoms with E-state index in [1.807, 2.05) is 40.9 Å².